The van der Waals surface area contributed by atoms with Crippen LogP contribution in [0.4, 0.5) is 10.5 Å². The first-order valence-corrected chi connectivity index (χ1v) is 12.1. The Hall–Kier alpha value is -2.69. The lowest BCUT2D eigenvalue weighted by Gasteiger charge is -2.33. The van der Waals surface area contributed by atoms with Crippen molar-refractivity contribution in [1.29, 1.82) is 0 Å². The van der Waals surface area contributed by atoms with Gasteiger partial charge in [0, 0.05) is 32.0 Å². The highest BCUT2D eigenvalue weighted by Crippen LogP contribution is 2.33. The molecule has 0 saturated carbocycles. The number of sulfonamides is 1. The predicted molar refractivity (Wildman–Crippen MR) is 118 cm³/mol. The average molecular weight is 473 g/mol. The molecule has 0 bridgehead atoms. The molecule has 180 valence electrons. The third-order valence-electron chi connectivity index (χ3n) is 4.44. The predicted octanol–water partition coefficient (Wildman–Crippen LogP) is 2.78. The number of nitrogens with zero attached hydrogens (tertiary/aromatic N) is 1. The van der Waals surface area contributed by atoms with Gasteiger partial charge in [0.05, 0.1) is 19.4 Å². The molecule has 1 fully saturated rings. The van der Waals surface area contributed by atoms with E-state index in [0.717, 1.165) is 0 Å². The number of piperidine rings is 1. The number of amides is 1. The number of methoxy groups -OCH3 is 1. The second kappa shape index (κ2) is 10.8. The molecular formula is C21H32N2O8S. The lowest BCUT2D eigenvalue weighted by atomic mass is 10.1. The van der Waals surface area contributed by atoms with E-state index < -0.39 is 27.3 Å². The van der Waals surface area contributed by atoms with Crippen LogP contribution >= 0.6 is 0 Å². The number of carbonyl (C=O) groups is 2. The highest BCUT2D eigenvalue weighted by molar-refractivity contribution is 7.93. The van der Waals surface area contributed by atoms with E-state index in [1.54, 1.807) is 17.9 Å². The molecule has 1 aromatic carbocycles. The summed E-state index contributed by atoms with van der Waals surface area (Å²) in [6.45, 7) is 8.20. The smallest absolute Gasteiger partial charge is 0.410 e. The van der Waals surface area contributed by atoms with Crippen LogP contribution in [0.25, 0.3) is 0 Å². The van der Waals surface area contributed by atoms with Crippen LogP contribution in [0, 0.1) is 0 Å². The molecule has 1 aliphatic heterocycles. The molecular weight excluding hydrogens is 440 g/mol. The summed E-state index contributed by atoms with van der Waals surface area (Å²) < 4.78 is 48.0. The SMILES string of the molecule is CCOC(=O)CS(=O)(=O)Nc1ccc(OC2CCN(C(=O)OC(C)(C)C)CC2)c(OC)c1. The van der Waals surface area contributed by atoms with Gasteiger partial charge in [0.1, 0.15) is 11.7 Å². The van der Waals surface area contributed by atoms with Crippen LogP contribution in [-0.4, -0.2) is 69.6 Å². The van der Waals surface area contributed by atoms with Crippen LogP contribution in [0.5, 0.6) is 11.5 Å². The van der Waals surface area contributed by atoms with Crippen molar-refractivity contribution >= 4 is 27.8 Å². The molecule has 0 radical (unpaired) electrons. The van der Waals surface area contributed by atoms with E-state index in [4.69, 9.17) is 14.2 Å². The van der Waals surface area contributed by atoms with Crippen molar-refractivity contribution in [2.45, 2.75) is 52.2 Å². The Bertz CT molecular complexity index is 903. The number of ether oxygens (including phenoxy) is 4. The minimum atomic E-state index is -3.92. The summed E-state index contributed by atoms with van der Waals surface area (Å²) in [6.07, 6.45) is 0.772. The van der Waals surface area contributed by atoms with E-state index in [-0.39, 0.29) is 24.5 Å². The zero-order valence-corrected chi connectivity index (χ0v) is 20.0. The van der Waals surface area contributed by atoms with E-state index in [9.17, 15) is 18.0 Å². The fourth-order valence-electron chi connectivity index (χ4n) is 3.06. The van der Waals surface area contributed by atoms with Gasteiger partial charge in [-0.2, -0.15) is 0 Å². The van der Waals surface area contributed by atoms with Crippen LogP contribution in [0.2, 0.25) is 0 Å². The van der Waals surface area contributed by atoms with Gasteiger partial charge in [-0.25, -0.2) is 13.2 Å². The maximum absolute atomic E-state index is 12.2. The van der Waals surface area contributed by atoms with Gasteiger partial charge in [-0.05, 0) is 39.8 Å². The van der Waals surface area contributed by atoms with Crippen LogP contribution in [0.3, 0.4) is 0 Å². The number of esters is 1. The zero-order valence-electron chi connectivity index (χ0n) is 19.2. The molecule has 2 rings (SSSR count). The average Bonchev–Trinajstić information content (AvgIpc) is 2.67. The van der Waals surface area contributed by atoms with Gasteiger partial charge in [0.15, 0.2) is 17.3 Å². The molecule has 0 aromatic heterocycles. The number of benzene rings is 1. The molecule has 0 aliphatic carbocycles. The quantitative estimate of drug-likeness (QED) is 0.574. The molecule has 0 unspecified atom stereocenters. The number of hydrogen-bond acceptors (Lipinski definition) is 8. The van der Waals surface area contributed by atoms with Crippen molar-refractivity contribution in [3.63, 3.8) is 0 Å². The molecule has 0 atom stereocenters. The normalized spacial score (nSPS) is 15.1. The van der Waals surface area contributed by atoms with E-state index in [2.05, 4.69) is 9.46 Å². The first-order valence-electron chi connectivity index (χ1n) is 10.4. The Morgan fingerprint density at radius 2 is 1.81 bits per heavy atom. The molecule has 10 nitrogen and oxygen atoms in total. The first-order chi connectivity index (χ1) is 14.9. The van der Waals surface area contributed by atoms with Gasteiger partial charge in [-0.15, -0.1) is 0 Å². The highest BCUT2D eigenvalue weighted by atomic mass is 32.2. The van der Waals surface area contributed by atoms with Crippen LogP contribution in [0.15, 0.2) is 18.2 Å². The van der Waals surface area contributed by atoms with Gasteiger partial charge in [-0.3, -0.25) is 9.52 Å². The minimum absolute atomic E-state index is 0.102. The Labute approximate surface area is 189 Å². The molecule has 32 heavy (non-hydrogen) atoms. The van der Waals surface area contributed by atoms with Crippen molar-refractivity contribution < 1.29 is 37.0 Å². The van der Waals surface area contributed by atoms with Gasteiger partial charge in [0.25, 0.3) is 0 Å². The van der Waals surface area contributed by atoms with E-state index in [1.165, 1.54) is 19.2 Å². The number of carbonyl (C=O) groups excluding carboxylic acids is 2. The Morgan fingerprint density at radius 3 is 2.38 bits per heavy atom. The fraction of sp³-hybridized carbons (Fsp3) is 0.619. The first kappa shape index (κ1) is 25.6. The maximum Gasteiger partial charge on any atom is 0.410 e. The van der Waals surface area contributed by atoms with Crippen molar-refractivity contribution in [3.05, 3.63) is 18.2 Å². The number of likely N-dealkylation sites (tertiary alicyclic amines) is 1. The summed E-state index contributed by atoms with van der Waals surface area (Å²) in [5, 5.41) is 0. The van der Waals surface area contributed by atoms with Gasteiger partial charge in [-0.1, -0.05) is 0 Å². The topological polar surface area (TPSA) is 120 Å². The largest absolute Gasteiger partial charge is 0.493 e. The monoisotopic (exact) mass is 472 g/mol. The number of rotatable bonds is 8. The number of hydrogen-bond donors (Lipinski definition) is 1. The number of nitrogens with one attached hydrogen (secondary N) is 1. The van der Waals surface area contributed by atoms with Gasteiger partial charge in [0.2, 0.25) is 10.0 Å². The lowest BCUT2D eigenvalue weighted by molar-refractivity contribution is -0.139. The van der Waals surface area contributed by atoms with Crippen LogP contribution in [0.1, 0.15) is 40.5 Å². The minimum Gasteiger partial charge on any atom is -0.493 e. The Morgan fingerprint density at radius 1 is 1.16 bits per heavy atom. The summed E-state index contributed by atoms with van der Waals surface area (Å²) in [5.41, 5.74) is -0.310. The molecule has 1 aromatic rings. The van der Waals surface area contributed by atoms with Crippen LogP contribution < -0.4 is 14.2 Å². The van der Waals surface area contributed by atoms with Crippen molar-refractivity contribution in [1.82, 2.24) is 4.90 Å². The molecule has 1 heterocycles. The van der Waals surface area contributed by atoms with Crippen molar-refractivity contribution in [2.75, 3.05) is 37.3 Å². The third-order valence-corrected chi connectivity index (χ3v) is 5.60. The van der Waals surface area contributed by atoms with Gasteiger partial charge >= 0.3 is 12.1 Å². The standard InChI is InChI=1S/C21H32N2O8S/c1-6-29-19(24)14-32(26,27)22-15-7-8-17(18(13-15)28-5)30-16-9-11-23(12-10-16)20(25)31-21(2,3)4/h7-8,13,16,22H,6,9-12,14H2,1-5H3. The van der Waals surface area contributed by atoms with Crippen molar-refractivity contribution in [2.24, 2.45) is 0 Å². The second-order valence-electron chi connectivity index (χ2n) is 8.32. The molecule has 1 N–H and O–H groups in total. The fourth-order valence-corrected chi connectivity index (χ4v) is 4.02. The summed E-state index contributed by atoms with van der Waals surface area (Å²) >= 11 is 0. The maximum atomic E-state index is 12.2. The van der Waals surface area contributed by atoms with Crippen LogP contribution in [-0.2, 0) is 24.3 Å². The number of anilines is 1. The Balaban J connectivity index is 1.96. The molecule has 0 spiro atoms. The molecule has 1 amide bonds. The Kier molecular flexibility index (Phi) is 8.59. The molecule has 11 heteroatoms. The lowest BCUT2D eigenvalue weighted by Crippen LogP contribution is -2.44. The zero-order chi connectivity index (χ0) is 23.9. The highest BCUT2D eigenvalue weighted by Gasteiger charge is 2.28. The molecule has 1 aliphatic rings. The summed E-state index contributed by atoms with van der Waals surface area (Å²) in [6, 6.07) is 4.60. The van der Waals surface area contributed by atoms with Gasteiger partial charge < -0.3 is 23.8 Å². The summed E-state index contributed by atoms with van der Waals surface area (Å²) in [4.78, 5) is 25.3. The molecule has 1 saturated heterocycles. The summed E-state index contributed by atoms with van der Waals surface area (Å²) in [7, 11) is -2.47. The van der Waals surface area contributed by atoms with Crippen molar-refractivity contribution in [3.8, 4) is 11.5 Å². The third kappa shape index (κ3) is 8.10. The summed E-state index contributed by atoms with van der Waals surface area (Å²) in [5.74, 6) is -0.811. The second-order valence-corrected chi connectivity index (χ2v) is 10.0. The van der Waals surface area contributed by atoms with E-state index >= 15 is 0 Å². The van der Waals surface area contributed by atoms with E-state index in [1.807, 2.05) is 20.8 Å². The van der Waals surface area contributed by atoms with E-state index in [0.29, 0.717) is 37.4 Å².